The molecule has 3 aromatic rings. The number of aromatic amines is 1. The Bertz CT molecular complexity index is 1030. The van der Waals surface area contributed by atoms with Gasteiger partial charge in [0.2, 0.25) is 0 Å². The monoisotopic (exact) mass is 351 g/mol. The number of aromatic nitrogens is 2. The quantitative estimate of drug-likeness (QED) is 0.753. The number of hydrogen-bond acceptors (Lipinski definition) is 5. The third-order valence-electron chi connectivity index (χ3n) is 4.12. The summed E-state index contributed by atoms with van der Waals surface area (Å²) < 4.78 is 11.3. The van der Waals surface area contributed by atoms with Gasteiger partial charge in [-0.05, 0) is 23.8 Å². The summed E-state index contributed by atoms with van der Waals surface area (Å²) >= 11 is 0. The summed E-state index contributed by atoms with van der Waals surface area (Å²) in [6.07, 6.45) is 0.835. The highest BCUT2D eigenvalue weighted by Gasteiger charge is 2.14. The minimum absolute atomic E-state index is 0.110. The van der Waals surface area contributed by atoms with E-state index in [1.54, 1.807) is 24.3 Å². The number of fused-ring (bicyclic) bond motifs is 2. The van der Waals surface area contributed by atoms with Gasteiger partial charge >= 0.3 is 5.69 Å². The van der Waals surface area contributed by atoms with Crippen LogP contribution >= 0.6 is 0 Å². The van der Waals surface area contributed by atoms with Gasteiger partial charge in [-0.1, -0.05) is 24.3 Å². The maximum absolute atomic E-state index is 12.5. The molecule has 2 heterocycles. The third kappa shape index (κ3) is 3.23. The van der Waals surface area contributed by atoms with Crippen molar-refractivity contribution < 1.29 is 14.3 Å². The van der Waals surface area contributed by atoms with Crippen LogP contribution in [0.3, 0.4) is 0 Å². The van der Waals surface area contributed by atoms with Gasteiger partial charge in [0.05, 0.1) is 18.7 Å². The van der Waals surface area contributed by atoms with Crippen LogP contribution in [0.15, 0.2) is 47.3 Å². The number of rotatable bonds is 3. The van der Waals surface area contributed by atoms with Crippen molar-refractivity contribution in [1.82, 2.24) is 15.3 Å². The zero-order valence-corrected chi connectivity index (χ0v) is 14.0. The van der Waals surface area contributed by atoms with Crippen LogP contribution in [0.25, 0.3) is 10.9 Å². The summed E-state index contributed by atoms with van der Waals surface area (Å²) in [6.45, 7) is 1.52. The highest BCUT2D eigenvalue weighted by molar-refractivity contribution is 6.04. The van der Waals surface area contributed by atoms with Crippen molar-refractivity contribution in [1.29, 1.82) is 0 Å². The SMILES string of the molecule is O=C(NCc1ccc2c(c1)OCCCO2)c1nc(=O)[nH]c2ccccc12. The van der Waals surface area contributed by atoms with Gasteiger partial charge < -0.3 is 19.8 Å². The minimum atomic E-state index is -0.551. The third-order valence-corrected chi connectivity index (χ3v) is 4.12. The first-order valence-electron chi connectivity index (χ1n) is 8.36. The summed E-state index contributed by atoms with van der Waals surface area (Å²) in [7, 11) is 0. The van der Waals surface area contributed by atoms with Gasteiger partial charge in [-0.3, -0.25) is 4.79 Å². The van der Waals surface area contributed by atoms with E-state index in [1.807, 2.05) is 18.2 Å². The number of carbonyl (C=O) groups excluding carboxylic acids is 1. The fraction of sp³-hybridized carbons (Fsp3) is 0.211. The molecule has 0 saturated heterocycles. The van der Waals surface area contributed by atoms with E-state index >= 15 is 0 Å². The Kier molecular flexibility index (Phi) is 4.27. The van der Waals surface area contributed by atoms with Crippen LogP contribution in [0.4, 0.5) is 0 Å². The average Bonchev–Trinajstić information content (AvgIpc) is 2.90. The fourth-order valence-electron chi connectivity index (χ4n) is 2.86. The Morgan fingerprint density at radius 1 is 1.12 bits per heavy atom. The van der Waals surface area contributed by atoms with E-state index in [1.165, 1.54) is 0 Å². The Morgan fingerprint density at radius 2 is 1.92 bits per heavy atom. The molecule has 0 atom stereocenters. The molecule has 1 amide bonds. The number of para-hydroxylation sites is 1. The number of nitrogens with zero attached hydrogens (tertiary/aromatic N) is 1. The Balaban J connectivity index is 1.55. The van der Waals surface area contributed by atoms with Gasteiger partial charge in [0, 0.05) is 18.4 Å². The van der Waals surface area contributed by atoms with Gasteiger partial charge in [0.1, 0.15) is 5.69 Å². The second kappa shape index (κ2) is 6.87. The lowest BCUT2D eigenvalue weighted by atomic mass is 10.1. The number of H-pyrrole nitrogens is 1. The lowest BCUT2D eigenvalue weighted by Gasteiger charge is -2.10. The Hall–Kier alpha value is -3.35. The van der Waals surface area contributed by atoms with Crippen LogP contribution in [-0.4, -0.2) is 29.1 Å². The van der Waals surface area contributed by atoms with Gasteiger partial charge in [-0.2, -0.15) is 4.98 Å². The van der Waals surface area contributed by atoms with Crippen LogP contribution in [0.2, 0.25) is 0 Å². The fourth-order valence-corrected chi connectivity index (χ4v) is 2.86. The highest BCUT2D eigenvalue weighted by Crippen LogP contribution is 2.30. The molecule has 0 radical (unpaired) electrons. The second-order valence-corrected chi connectivity index (χ2v) is 5.95. The van der Waals surface area contributed by atoms with Gasteiger partial charge in [0.15, 0.2) is 11.5 Å². The molecule has 0 bridgehead atoms. The van der Waals surface area contributed by atoms with Gasteiger partial charge in [0.25, 0.3) is 5.91 Å². The maximum atomic E-state index is 12.5. The Morgan fingerprint density at radius 3 is 2.81 bits per heavy atom. The van der Waals surface area contributed by atoms with Crippen LogP contribution in [0.1, 0.15) is 22.5 Å². The normalized spacial score (nSPS) is 13.2. The van der Waals surface area contributed by atoms with Crippen molar-refractivity contribution in [2.45, 2.75) is 13.0 Å². The molecule has 0 unspecified atom stereocenters. The summed E-state index contributed by atoms with van der Waals surface area (Å²) in [6, 6.07) is 12.6. The molecule has 0 spiro atoms. The van der Waals surface area contributed by atoms with E-state index in [-0.39, 0.29) is 12.2 Å². The molecule has 1 aromatic heterocycles. The summed E-state index contributed by atoms with van der Waals surface area (Å²) in [5.74, 6) is 0.980. The second-order valence-electron chi connectivity index (χ2n) is 5.95. The Labute approximate surface area is 149 Å². The number of ether oxygens (including phenoxy) is 2. The number of amides is 1. The van der Waals surface area contributed by atoms with E-state index < -0.39 is 11.6 Å². The molecule has 2 aromatic carbocycles. The molecule has 0 saturated carbocycles. The number of benzene rings is 2. The zero-order valence-electron chi connectivity index (χ0n) is 14.0. The van der Waals surface area contributed by atoms with Crippen molar-refractivity contribution in [3.05, 3.63) is 64.2 Å². The van der Waals surface area contributed by atoms with Crippen LogP contribution in [0.5, 0.6) is 11.5 Å². The van der Waals surface area contributed by atoms with Crippen LogP contribution < -0.4 is 20.5 Å². The van der Waals surface area contributed by atoms with E-state index in [0.29, 0.717) is 35.6 Å². The topological polar surface area (TPSA) is 93.3 Å². The summed E-state index contributed by atoms with van der Waals surface area (Å²) in [4.78, 5) is 30.7. The summed E-state index contributed by atoms with van der Waals surface area (Å²) in [5, 5.41) is 3.41. The van der Waals surface area contributed by atoms with Crippen molar-refractivity contribution in [2.75, 3.05) is 13.2 Å². The lowest BCUT2D eigenvalue weighted by Crippen LogP contribution is -2.27. The molecular formula is C19H17N3O4. The predicted molar refractivity (Wildman–Crippen MR) is 95.6 cm³/mol. The first-order chi connectivity index (χ1) is 12.7. The zero-order chi connectivity index (χ0) is 17.9. The maximum Gasteiger partial charge on any atom is 0.346 e. The molecule has 4 rings (SSSR count). The molecule has 2 N–H and O–H groups in total. The average molecular weight is 351 g/mol. The number of hydrogen-bond donors (Lipinski definition) is 2. The van der Waals surface area contributed by atoms with E-state index in [4.69, 9.17) is 9.47 Å². The van der Waals surface area contributed by atoms with Gasteiger partial charge in [-0.15, -0.1) is 0 Å². The first kappa shape index (κ1) is 16.1. The molecule has 26 heavy (non-hydrogen) atoms. The van der Waals surface area contributed by atoms with E-state index in [9.17, 15) is 9.59 Å². The molecule has 0 fully saturated rings. The molecule has 1 aliphatic heterocycles. The number of nitrogens with one attached hydrogen (secondary N) is 2. The highest BCUT2D eigenvalue weighted by atomic mass is 16.5. The first-order valence-corrected chi connectivity index (χ1v) is 8.36. The van der Waals surface area contributed by atoms with Crippen molar-refractivity contribution >= 4 is 16.8 Å². The molecule has 1 aliphatic rings. The molecule has 132 valence electrons. The molecule has 0 aliphatic carbocycles. The largest absolute Gasteiger partial charge is 0.490 e. The van der Waals surface area contributed by atoms with E-state index in [2.05, 4.69) is 15.3 Å². The van der Waals surface area contributed by atoms with Crippen LogP contribution in [-0.2, 0) is 6.54 Å². The summed E-state index contributed by atoms with van der Waals surface area (Å²) in [5.41, 5.74) is 1.01. The molecule has 7 nitrogen and oxygen atoms in total. The van der Waals surface area contributed by atoms with Crippen molar-refractivity contribution in [2.24, 2.45) is 0 Å². The smallest absolute Gasteiger partial charge is 0.346 e. The predicted octanol–water partition coefficient (Wildman–Crippen LogP) is 2.01. The van der Waals surface area contributed by atoms with Gasteiger partial charge in [-0.25, -0.2) is 4.79 Å². The van der Waals surface area contributed by atoms with E-state index in [0.717, 1.165) is 12.0 Å². The van der Waals surface area contributed by atoms with Crippen molar-refractivity contribution in [3.8, 4) is 11.5 Å². The molecule has 7 heteroatoms. The standard InChI is InChI=1S/C19H17N3O4/c23-18(17-13-4-1-2-5-14(13)21-19(24)22-17)20-11-12-6-7-15-16(10-12)26-9-3-8-25-15/h1-2,4-7,10H,3,8-9,11H2,(H,20,23)(H,21,22,24). The van der Waals surface area contributed by atoms with Crippen molar-refractivity contribution in [3.63, 3.8) is 0 Å². The molecular weight excluding hydrogens is 334 g/mol. The lowest BCUT2D eigenvalue weighted by molar-refractivity contribution is 0.0947. The van der Waals surface area contributed by atoms with Crippen LogP contribution in [0, 0.1) is 0 Å². The minimum Gasteiger partial charge on any atom is -0.490 e. The number of carbonyl (C=O) groups is 1.